The number of hydrogen-bond acceptors (Lipinski definition) is 5. The maximum Gasteiger partial charge on any atom is 0.251 e. The zero-order chi connectivity index (χ0) is 17.1. The number of aromatic nitrogens is 3. The summed E-state index contributed by atoms with van der Waals surface area (Å²) < 4.78 is 7.83. The second kappa shape index (κ2) is 7.83. The number of rotatable bonds is 4. The summed E-state index contributed by atoms with van der Waals surface area (Å²) >= 11 is 0. The second-order valence-corrected chi connectivity index (χ2v) is 7.55. The minimum absolute atomic E-state index is 0.183. The van der Waals surface area contributed by atoms with E-state index < -0.39 is 0 Å². The zero-order valence-corrected chi connectivity index (χ0v) is 15.0. The Hall–Kier alpha value is -1.47. The van der Waals surface area contributed by atoms with Crippen molar-refractivity contribution in [1.82, 2.24) is 24.6 Å². The summed E-state index contributed by atoms with van der Waals surface area (Å²) in [6.45, 7) is 4.93. The van der Waals surface area contributed by atoms with Crippen LogP contribution in [0.5, 0.6) is 0 Å². The lowest BCUT2D eigenvalue weighted by Gasteiger charge is -2.35. The molecule has 7 heteroatoms. The van der Waals surface area contributed by atoms with E-state index in [9.17, 15) is 4.79 Å². The lowest BCUT2D eigenvalue weighted by molar-refractivity contribution is -0.142. The van der Waals surface area contributed by atoms with Gasteiger partial charge >= 0.3 is 0 Å². The van der Waals surface area contributed by atoms with Crippen LogP contribution < -0.4 is 0 Å². The van der Waals surface area contributed by atoms with Crippen LogP contribution in [-0.2, 0) is 16.1 Å². The molecule has 0 N–H and O–H groups in total. The van der Waals surface area contributed by atoms with E-state index >= 15 is 0 Å². The summed E-state index contributed by atoms with van der Waals surface area (Å²) in [6.07, 6.45) is 10.1. The molecule has 25 heavy (non-hydrogen) atoms. The molecule has 2 aliphatic heterocycles. The van der Waals surface area contributed by atoms with Gasteiger partial charge in [-0.1, -0.05) is 19.3 Å². The van der Waals surface area contributed by atoms with Crippen molar-refractivity contribution in [2.24, 2.45) is 0 Å². The van der Waals surface area contributed by atoms with Gasteiger partial charge in [0.25, 0.3) is 5.91 Å². The summed E-state index contributed by atoms with van der Waals surface area (Å²) in [5.41, 5.74) is 0. The number of piperazine rings is 1. The predicted octanol–water partition coefficient (Wildman–Crippen LogP) is 1.61. The van der Waals surface area contributed by atoms with Gasteiger partial charge < -0.3 is 14.2 Å². The lowest BCUT2D eigenvalue weighted by Crippen LogP contribution is -2.51. The molecule has 0 spiro atoms. The van der Waals surface area contributed by atoms with Crippen molar-refractivity contribution < 1.29 is 9.53 Å². The molecule has 1 amide bonds. The van der Waals surface area contributed by atoms with Gasteiger partial charge in [0, 0.05) is 38.8 Å². The maximum atomic E-state index is 12.4. The Labute approximate surface area is 149 Å². The molecule has 3 aliphatic rings. The SMILES string of the molecule is O=C(C1CCCO1)N1CCN(Cc2nncn2C2CCCCC2)CC1. The standard InChI is InChI=1S/C18H29N5O2/c24-18(16-7-4-12-25-16)22-10-8-21(9-11-22)13-17-20-19-14-23(17)15-5-2-1-3-6-15/h14-16H,1-13H2. The Morgan fingerprint density at radius 2 is 1.88 bits per heavy atom. The van der Waals surface area contributed by atoms with Crippen LogP contribution in [-0.4, -0.2) is 69.4 Å². The molecule has 3 fully saturated rings. The van der Waals surface area contributed by atoms with E-state index in [1.807, 2.05) is 11.2 Å². The average Bonchev–Trinajstić information content (AvgIpc) is 3.35. The number of carbonyl (C=O) groups is 1. The normalized spacial score (nSPS) is 26.2. The molecule has 1 saturated carbocycles. The molecule has 7 nitrogen and oxygen atoms in total. The third kappa shape index (κ3) is 3.87. The Bertz CT molecular complexity index is 570. The number of hydrogen-bond donors (Lipinski definition) is 0. The summed E-state index contributed by atoms with van der Waals surface area (Å²) in [5, 5.41) is 8.54. The van der Waals surface area contributed by atoms with Crippen LogP contribution in [0.15, 0.2) is 6.33 Å². The van der Waals surface area contributed by atoms with Crippen LogP contribution in [0.3, 0.4) is 0 Å². The molecule has 0 bridgehead atoms. The molecular weight excluding hydrogens is 318 g/mol. The number of ether oxygens (including phenoxy) is 1. The fourth-order valence-electron chi connectivity index (χ4n) is 4.35. The van der Waals surface area contributed by atoms with E-state index in [2.05, 4.69) is 19.7 Å². The van der Waals surface area contributed by atoms with Gasteiger partial charge in [0.15, 0.2) is 0 Å². The monoisotopic (exact) mass is 347 g/mol. The second-order valence-electron chi connectivity index (χ2n) is 7.55. The zero-order valence-electron chi connectivity index (χ0n) is 15.0. The van der Waals surface area contributed by atoms with Gasteiger partial charge in [-0.3, -0.25) is 9.69 Å². The first kappa shape index (κ1) is 17.0. The first-order chi connectivity index (χ1) is 12.3. The highest BCUT2D eigenvalue weighted by atomic mass is 16.5. The quantitative estimate of drug-likeness (QED) is 0.828. The van der Waals surface area contributed by atoms with Gasteiger partial charge in [-0.25, -0.2) is 0 Å². The number of nitrogens with zero attached hydrogens (tertiary/aromatic N) is 5. The van der Waals surface area contributed by atoms with E-state index in [0.717, 1.165) is 58.0 Å². The van der Waals surface area contributed by atoms with Crippen LogP contribution in [0, 0.1) is 0 Å². The largest absolute Gasteiger partial charge is 0.368 e. The molecule has 1 aromatic rings. The van der Waals surface area contributed by atoms with Gasteiger partial charge in [0.2, 0.25) is 0 Å². The van der Waals surface area contributed by atoms with Gasteiger partial charge in [-0.05, 0) is 25.7 Å². The van der Waals surface area contributed by atoms with Crippen LogP contribution in [0.25, 0.3) is 0 Å². The smallest absolute Gasteiger partial charge is 0.251 e. The van der Waals surface area contributed by atoms with Crippen molar-refractivity contribution in [2.75, 3.05) is 32.8 Å². The molecule has 1 aromatic heterocycles. The van der Waals surface area contributed by atoms with Crippen molar-refractivity contribution in [3.05, 3.63) is 12.2 Å². The van der Waals surface area contributed by atoms with Crippen LogP contribution in [0.4, 0.5) is 0 Å². The fourth-order valence-corrected chi connectivity index (χ4v) is 4.35. The molecule has 0 radical (unpaired) electrons. The van der Waals surface area contributed by atoms with Gasteiger partial charge in [0.05, 0.1) is 6.54 Å². The highest BCUT2D eigenvalue weighted by Crippen LogP contribution is 2.28. The van der Waals surface area contributed by atoms with E-state index in [0.29, 0.717) is 6.04 Å². The molecule has 0 aromatic carbocycles. The van der Waals surface area contributed by atoms with Gasteiger partial charge in [0.1, 0.15) is 18.3 Å². The van der Waals surface area contributed by atoms with Crippen LogP contribution in [0.1, 0.15) is 56.8 Å². The topological polar surface area (TPSA) is 63.5 Å². The predicted molar refractivity (Wildman–Crippen MR) is 93.0 cm³/mol. The molecule has 1 atom stereocenters. The Balaban J connectivity index is 1.30. The van der Waals surface area contributed by atoms with E-state index in [-0.39, 0.29) is 12.0 Å². The molecule has 1 unspecified atom stereocenters. The van der Waals surface area contributed by atoms with Gasteiger partial charge in [-0.15, -0.1) is 10.2 Å². The van der Waals surface area contributed by atoms with E-state index in [1.54, 1.807) is 0 Å². The first-order valence-electron chi connectivity index (χ1n) is 9.82. The highest BCUT2D eigenvalue weighted by Gasteiger charge is 2.30. The highest BCUT2D eigenvalue weighted by molar-refractivity contribution is 5.81. The Morgan fingerprint density at radius 1 is 1.08 bits per heavy atom. The van der Waals surface area contributed by atoms with Crippen LogP contribution in [0.2, 0.25) is 0 Å². The minimum Gasteiger partial charge on any atom is -0.368 e. The van der Waals surface area contributed by atoms with Crippen molar-refractivity contribution in [3.8, 4) is 0 Å². The molecule has 3 heterocycles. The van der Waals surface area contributed by atoms with Gasteiger partial charge in [-0.2, -0.15) is 0 Å². The van der Waals surface area contributed by atoms with E-state index in [4.69, 9.17) is 4.74 Å². The molecule has 1 aliphatic carbocycles. The fraction of sp³-hybridized carbons (Fsp3) is 0.833. The van der Waals surface area contributed by atoms with Crippen molar-refractivity contribution in [3.63, 3.8) is 0 Å². The molecule has 138 valence electrons. The third-order valence-corrected chi connectivity index (χ3v) is 5.87. The maximum absolute atomic E-state index is 12.4. The molecular formula is C18H29N5O2. The lowest BCUT2D eigenvalue weighted by atomic mass is 9.95. The summed E-state index contributed by atoms with van der Waals surface area (Å²) in [7, 11) is 0. The molecule has 2 saturated heterocycles. The number of amides is 1. The average molecular weight is 347 g/mol. The minimum atomic E-state index is -0.194. The summed E-state index contributed by atoms with van der Waals surface area (Å²) in [6, 6.07) is 0.570. The Morgan fingerprint density at radius 3 is 2.60 bits per heavy atom. The van der Waals surface area contributed by atoms with Crippen molar-refractivity contribution in [2.45, 2.75) is 63.6 Å². The molecule has 4 rings (SSSR count). The first-order valence-corrected chi connectivity index (χ1v) is 9.82. The van der Waals surface area contributed by atoms with E-state index in [1.165, 1.54) is 32.1 Å². The number of carbonyl (C=O) groups excluding carboxylic acids is 1. The van der Waals surface area contributed by atoms with Crippen molar-refractivity contribution >= 4 is 5.91 Å². The third-order valence-electron chi connectivity index (χ3n) is 5.87. The Kier molecular flexibility index (Phi) is 5.31. The van der Waals surface area contributed by atoms with Crippen molar-refractivity contribution in [1.29, 1.82) is 0 Å². The van der Waals surface area contributed by atoms with Crippen LogP contribution >= 0.6 is 0 Å². The summed E-state index contributed by atoms with van der Waals surface area (Å²) in [5.74, 6) is 1.26. The summed E-state index contributed by atoms with van der Waals surface area (Å²) in [4.78, 5) is 16.8.